The fraction of sp³-hybridized carbons (Fsp3) is 0.0500. The highest BCUT2D eigenvalue weighted by Gasteiger charge is 2.13. The first-order valence-corrected chi connectivity index (χ1v) is 9.41. The lowest BCUT2D eigenvalue weighted by atomic mass is 10.1. The molecule has 6 nitrogen and oxygen atoms in total. The van der Waals surface area contributed by atoms with Crippen LogP contribution in [-0.2, 0) is 7.05 Å². The van der Waals surface area contributed by atoms with Gasteiger partial charge in [0.1, 0.15) is 0 Å². The second kappa shape index (κ2) is 6.37. The number of nitrogens with zero attached hydrogens (tertiary/aromatic N) is 5. The van der Waals surface area contributed by atoms with Crippen molar-refractivity contribution in [3.63, 3.8) is 0 Å². The Kier molecular flexibility index (Phi) is 3.72. The fourth-order valence-electron chi connectivity index (χ4n) is 3.13. The summed E-state index contributed by atoms with van der Waals surface area (Å²) in [7, 11) is 1.97. The SMILES string of the molecule is Cn1c(N/N=C/c2c(-c3ccccc3)nc3sccn23)nc2ccccc21. The molecule has 0 spiro atoms. The number of hydrazone groups is 1. The van der Waals surface area contributed by atoms with E-state index in [0.717, 1.165) is 32.9 Å². The van der Waals surface area contributed by atoms with Crippen molar-refractivity contribution in [3.8, 4) is 11.3 Å². The Morgan fingerprint density at radius 2 is 1.85 bits per heavy atom. The average molecular weight is 372 g/mol. The molecular weight excluding hydrogens is 356 g/mol. The van der Waals surface area contributed by atoms with Gasteiger partial charge in [-0.1, -0.05) is 42.5 Å². The zero-order valence-electron chi connectivity index (χ0n) is 14.6. The summed E-state index contributed by atoms with van der Waals surface area (Å²) in [5.41, 5.74) is 7.97. The van der Waals surface area contributed by atoms with Crippen molar-refractivity contribution >= 4 is 39.5 Å². The summed E-state index contributed by atoms with van der Waals surface area (Å²) in [5, 5.41) is 6.46. The third kappa shape index (κ3) is 2.69. The highest BCUT2D eigenvalue weighted by atomic mass is 32.1. The molecule has 0 atom stereocenters. The van der Waals surface area contributed by atoms with E-state index in [0.29, 0.717) is 5.95 Å². The molecule has 5 aromatic rings. The summed E-state index contributed by atoms with van der Waals surface area (Å²) in [4.78, 5) is 10.3. The second-order valence-corrected chi connectivity index (χ2v) is 6.99. The minimum Gasteiger partial charge on any atom is -0.312 e. The maximum absolute atomic E-state index is 4.76. The third-order valence-electron chi connectivity index (χ3n) is 4.48. The van der Waals surface area contributed by atoms with Gasteiger partial charge >= 0.3 is 0 Å². The molecule has 0 bridgehead atoms. The summed E-state index contributed by atoms with van der Waals surface area (Å²) >= 11 is 1.61. The number of anilines is 1. The van der Waals surface area contributed by atoms with E-state index < -0.39 is 0 Å². The molecule has 132 valence electrons. The molecule has 0 aliphatic heterocycles. The largest absolute Gasteiger partial charge is 0.312 e. The molecule has 0 radical (unpaired) electrons. The van der Waals surface area contributed by atoms with Crippen molar-refractivity contribution in [1.82, 2.24) is 18.9 Å². The van der Waals surface area contributed by atoms with Crippen molar-refractivity contribution < 1.29 is 0 Å². The number of para-hydroxylation sites is 2. The molecule has 0 fully saturated rings. The Morgan fingerprint density at radius 1 is 1.04 bits per heavy atom. The van der Waals surface area contributed by atoms with Gasteiger partial charge in [0, 0.05) is 24.2 Å². The standard InChI is InChI=1S/C20H16N6S/c1-25-16-10-6-5-9-15(16)22-19(25)24-21-13-17-18(14-7-3-2-4-8-14)23-20-26(17)11-12-27-20/h2-13H,1H3,(H,22,24)/b21-13+. The third-order valence-corrected chi connectivity index (χ3v) is 5.24. The number of rotatable bonds is 4. The lowest BCUT2D eigenvalue weighted by Gasteiger charge is -2.02. The summed E-state index contributed by atoms with van der Waals surface area (Å²) < 4.78 is 4.04. The van der Waals surface area contributed by atoms with Crippen LogP contribution in [0.15, 0.2) is 71.3 Å². The number of imidazole rings is 2. The van der Waals surface area contributed by atoms with Gasteiger partial charge in [0.05, 0.1) is 28.6 Å². The van der Waals surface area contributed by atoms with Crippen LogP contribution in [0.25, 0.3) is 27.3 Å². The van der Waals surface area contributed by atoms with Crippen LogP contribution in [0, 0.1) is 0 Å². The van der Waals surface area contributed by atoms with Crippen molar-refractivity contribution in [2.45, 2.75) is 0 Å². The van der Waals surface area contributed by atoms with E-state index in [2.05, 4.69) is 27.6 Å². The molecule has 0 aliphatic carbocycles. The Hall–Kier alpha value is -3.45. The van der Waals surface area contributed by atoms with Crippen LogP contribution in [-0.4, -0.2) is 25.2 Å². The minimum absolute atomic E-state index is 0.694. The summed E-state index contributed by atoms with van der Waals surface area (Å²) in [5.74, 6) is 0.694. The van der Waals surface area contributed by atoms with Gasteiger partial charge in [-0.2, -0.15) is 5.10 Å². The first-order chi connectivity index (χ1) is 13.3. The van der Waals surface area contributed by atoms with Crippen molar-refractivity contribution in [2.75, 3.05) is 5.43 Å². The summed E-state index contributed by atoms with van der Waals surface area (Å²) in [6.07, 6.45) is 3.81. The average Bonchev–Trinajstić information content (AvgIpc) is 3.38. The summed E-state index contributed by atoms with van der Waals surface area (Å²) in [6, 6.07) is 18.2. The summed E-state index contributed by atoms with van der Waals surface area (Å²) in [6.45, 7) is 0. The van der Waals surface area contributed by atoms with E-state index in [9.17, 15) is 0 Å². The van der Waals surface area contributed by atoms with E-state index in [1.807, 2.05) is 70.1 Å². The van der Waals surface area contributed by atoms with E-state index in [1.54, 1.807) is 17.6 Å². The molecule has 0 aliphatic rings. The number of benzene rings is 2. The molecule has 0 saturated heterocycles. The Balaban J connectivity index is 1.52. The monoisotopic (exact) mass is 372 g/mol. The quantitative estimate of drug-likeness (QED) is 0.376. The maximum Gasteiger partial charge on any atom is 0.224 e. The molecule has 27 heavy (non-hydrogen) atoms. The van der Waals surface area contributed by atoms with Gasteiger partial charge in [-0.05, 0) is 12.1 Å². The molecule has 3 heterocycles. The number of thiazole rings is 1. The number of aromatic nitrogens is 4. The van der Waals surface area contributed by atoms with Gasteiger partial charge in [0.25, 0.3) is 0 Å². The first kappa shape index (κ1) is 15.8. The smallest absolute Gasteiger partial charge is 0.224 e. The first-order valence-electron chi connectivity index (χ1n) is 8.53. The zero-order valence-corrected chi connectivity index (χ0v) is 15.4. The molecule has 0 saturated carbocycles. The highest BCUT2D eigenvalue weighted by molar-refractivity contribution is 7.15. The molecule has 7 heteroatoms. The molecular formula is C20H16N6S. The molecule has 1 N–H and O–H groups in total. The van der Waals surface area contributed by atoms with Crippen LogP contribution in [0.5, 0.6) is 0 Å². The van der Waals surface area contributed by atoms with E-state index in [4.69, 9.17) is 4.98 Å². The number of nitrogens with one attached hydrogen (secondary N) is 1. The normalized spacial score (nSPS) is 11.7. The molecule has 5 rings (SSSR count). The van der Waals surface area contributed by atoms with Crippen molar-refractivity contribution in [3.05, 3.63) is 71.9 Å². The van der Waals surface area contributed by atoms with Gasteiger partial charge in [-0.25, -0.2) is 15.4 Å². The molecule has 0 amide bonds. The highest BCUT2D eigenvalue weighted by Crippen LogP contribution is 2.25. The van der Waals surface area contributed by atoms with E-state index in [1.165, 1.54) is 0 Å². The predicted molar refractivity (Wildman–Crippen MR) is 110 cm³/mol. The van der Waals surface area contributed by atoms with Gasteiger partial charge in [-0.3, -0.25) is 4.40 Å². The van der Waals surface area contributed by atoms with Crippen LogP contribution >= 0.6 is 11.3 Å². The van der Waals surface area contributed by atoms with Crippen LogP contribution < -0.4 is 5.43 Å². The van der Waals surface area contributed by atoms with E-state index >= 15 is 0 Å². The number of hydrogen-bond acceptors (Lipinski definition) is 5. The Bertz CT molecular complexity index is 1260. The Labute approximate surface area is 159 Å². The van der Waals surface area contributed by atoms with Crippen LogP contribution in [0.1, 0.15) is 5.69 Å². The topological polar surface area (TPSA) is 59.5 Å². The zero-order chi connectivity index (χ0) is 18.2. The molecule has 0 unspecified atom stereocenters. The lowest BCUT2D eigenvalue weighted by Crippen LogP contribution is -2.00. The van der Waals surface area contributed by atoms with Gasteiger partial charge in [0.2, 0.25) is 5.95 Å². The van der Waals surface area contributed by atoms with Crippen LogP contribution in [0.2, 0.25) is 0 Å². The minimum atomic E-state index is 0.694. The number of aryl methyl sites for hydroxylation is 1. The molecule has 3 aromatic heterocycles. The maximum atomic E-state index is 4.76. The Morgan fingerprint density at radius 3 is 2.70 bits per heavy atom. The van der Waals surface area contributed by atoms with Gasteiger partial charge in [-0.15, -0.1) is 11.3 Å². The second-order valence-electron chi connectivity index (χ2n) is 6.12. The van der Waals surface area contributed by atoms with Gasteiger partial charge < -0.3 is 4.57 Å². The van der Waals surface area contributed by atoms with Crippen LogP contribution in [0.3, 0.4) is 0 Å². The fourth-order valence-corrected chi connectivity index (χ4v) is 3.85. The van der Waals surface area contributed by atoms with Crippen molar-refractivity contribution in [1.29, 1.82) is 0 Å². The van der Waals surface area contributed by atoms with Crippen LogP contribution in [0.4, 0.5) is 5.95 Å². The van der Waals surface area contributed by atoms with E-state index in [-0.39, 0.29) is 0 Å². The lowest BCUT2D eigenvalue weighted by molar-refractivity contribution is 0.943. The number of fused-ring (bicyclic) bond motifs is 2. The number of hydrogen-bond donors (Lipinski definition) is 1. The molecule has 2 aromatic carbocycles. The predicted octanol–water partition coefficient (Wildman–Crippen LogP) is 4.40. The van der Waals surface area contributed by atoms with Gasteiger partial charge in [0.15, 0.2) is 4.96 Å². The van der Waals surface area contributed by atoms with Crippen molar-refractivity contribution in [2.24, 2.45) is 12.1 Å².